The van der Waals surface area contributed by atoms with E-state index in [9.17, 15) is 13.6 Å². The number of nitrogens with zero attached hydrogens (tertiary/aromatic N) is 1. The molecular weight excluding hydrogens is 462 g/mol. The molecule has 4 aromatic rings. The van der Waals surface area contributed by atoms with Crippen molar-refractivity contribution in [2.75, 3.05) is 5.32 Å². The van der Waals surface area contributed by atoms with Gasteiger partial charge in [0.1, 0.15) is 5.82 Å². The van der Waals surface area contributed by atoms with E-state index >= 15 is 0 Å². The van der Waals surface area contributed by atoms with Crippen molar-refractivity contribution >= 4 is 34.9 Å². The molecule has 1 fully saturated rings. The predicted octanol–water partition coefficient (Wildman–Crippen LogP) is 6.32. The van der Waals surface area contributed by atoms with E-state index < -0.39 is 11.7 Å². The molecule has 0 radical (unpaired) electrons. The van der Waals surface area contributed by atoms with E-state index in [1.807, 2.05) is 60.7 Å². The monoisotopic (exact) mass is 480 g/mol. The fourth-order valence-electron chi connectivity index (χ4n) is 4.33. The zero-order chi connectivity index (χ0) is 22.6. The van der Waals surface area contributed by atoms with E-state index in [0.29, 0.717) is 24.2 Å². The number of carbonyl (C=O) groups excluding carboxylic acids is 1. The Bertz CT molecular complexity index is 1410. The molecule has 2 heterocycles. The third-order valence-corrected chi connectivity index (χ3v) is 6.17. The number of aromatic nitrogens is 1. The van der Waals surface area contributed by atoms with E-state index in [1.165, 1.54) is 12.1 Å². The minimum absolute atomic E-state index is 0. The number of halogens is 3. The number of anilines is 1. The molecule has 0 unspecified atom stereocenters. The fourth-order valence-corrected chi connectivity index (χ4v) is 4.33. The van der Waals surface area contributed by atoms with Gasteiger partial charge in [0, 0.05) is 10.9 Å². The fraction of sp³-hybridized carbons (Fsp3) is 0.154. The molecule has 1 N–H and O–H groups in total. The summed E-state index contributed by atoms with van der Waals surface area (Å²) in [7, 11) is 0. The summed E-state index contributed by atoms with van der Waals surface area (Å²) in [5.41, 5.74) is 1.53. The number of nitrogens with one attached hydrogen (secondary N) is 1. The zero-order valence-corrected chi connectivity index (χ0v) is 18.6. The summed E-state index contributed by atoms with van der Waals surface area (Å²) in [5.74, 6) is 0.112. The van der Waals surface area contributed by atoms with Crippen LogP contribution in [0.4, 0.5) is 14.6 Å². The minimum atomic E-state index is -3.69. The van der Waals surface area contributed by atoms with Crippen molar-refractivity contribution < 1.29 is 23.0 Å². The Kier molecular flexibility index (Phi) is 5.17. The van der Waals surface area contributed by atoms with Crippen LogP contribution in [-0.2, 0) is 10.2 Å². The highest BCUT2D eigenvalue weighted by Crippen LogP contribution is 2.52. The van der Waals surface area contributed by atoms with Gasteiger partial charge >= 0.3 is 6.29 Å². The first-order chi connectivity index (χ1) is 15.9. The highest BCUT2D eigenvalue weighted by molar-refractivity contribution is 6.03. The number of amides is 1. The van der Waals surface area contributed by atoms with Crippen molar-refractivity contribution in [3.8, 4) is 22.8 Å². The number of ether oxygens (including phenoxy) is 2. The SMILES string of the molecule is Cl.O=C(Nc1cc2ccccc2c(-c2ccccc2)n1)C1(c2ccc3c(c2)OC(F)(F)O3)CC1. The first-order valence-corrected chi connectivity index (χ1v) is 10.6. The summed E-state index contributed by atoms with van der Waals surface area (Å²) in [6, 6.07) is 24.0. The Hall–Kier alpha value is -3.71. The van der Waals surface area contributed by atoms with Gasteiger partial charge in [-0.05, 0) is 42.0 Å². The second-order valence-electron chi connectivity index (χ2n) is 8.31. The quantitative estimate of drug-likeness (QED) is 0.371. The van der Waals surface area contributed by atoms with Gasteiger partial charge in [-0.2, -0.15) is 0 Å². The number of benzene rings is 3. The van der Waals surface area contributed by atoms with Crippen LogP contribution in [0.5, 0.6) is 11.5 Å². The summed E-state index contributed by atoms with van der Waals surface area (Å²) in [5, 5.41) is 4.90. The first-order valence-electron chi connectivity index (χ1n) is 10.6. The Labute approximate surface area is 200 Å². The molecule has 2 aliphatic rings. The highest BCUT2D eigenvalue weighted by atomic mass is 35.5. The van der Waals surface area contributed by atoms with Gasteiger partial charge < -0.3 is 14.8 Å². The maximum Gasteiger partial charge on any atom is 0.586 e. The molecule has 172 valence electrons. The molecule has 3 aromatic carbocycles. The Morgan fingerprint density at radius 1 is 0.882 bits per heavy atom. The van der Waals surface area contributed by atoms with Gasteiger partial charge in [-0.1, -0.05) is 60.7 Å². The standard InChI is InChI=1S/C26H18F2N2O3.ClH/c27-26(28)32-20-11-10-18(15-21(20)33-26)25(12-13-25)24(31)30-22-14-17-8-4-5-9-19(17)23(29-22)16-6-2-1-3-7-16;/h1-11,14-15H,12-13H2,(H,29,30,31);1H. The van der Waals surface area contributed by atoms with Crippen molar-refractivity contribution in [1.82, 2.24) is 4.98 Å². The predicted molar refractivity (Wildman–Crippen MR) is 127 cm³/mol. The van der Waals surface area contributed by atoms with E-state index in [2.05, 4.69) is 14.8 Å². The zero-order valence-electron chi connectivity index (χ0n) is 17.8. The van der Waals surface area contributed by atoms with Gasteiger partial charge in [0.2, 0.25) is 5.91 Å². The van der Waals surface area contributed by atoms with Crippen LogP contribution in [0.2, 0.25) is 0 Å². The van der Waals surface area contributed by atoms with Crippen LogP contribution in [0, 0.1) is 0 Å². The first kappa shape index (κ1) is 22.1. The number of hydrogen-bond acceptors (Lipinski definition) is 4. The van der Waals surface area contributed by atoms with Crippen LogP contribution in [0.3, 0.4) is 0 Å². The second kappa shape index (κ2) is 7.95. The lowest BCUT2D eigenvalue weighted by Crippen LogP contribution is -2.28. The van der Waals surface area contributed by atoms with Crippen molar-refractivity contribution in [2.24, 2.45) is 0 Å². The van der Waals surface area contributed by atoms with Gasteiger partial charge in [0.15, 0.2) is 11.5 Å². The van der Waals surface area contributed by atoms with Gasteiger partial charge in [-0.3, -0.25) is 4.79 Å². The highest BCUT2D eigenvalue weighted by Gasteiger charge is 2.53. The van der Waals surface area contributed by atoms with Crippen LogP contribution < -0.4 is 14.8 Å². The van der Waals surface area contributed by atoms with Gasteiger partial charge in [-0.15, -0.1) is 21.2 Å². The smallest absolute Gasteiger partial charge is 0.395 e. The number of hydrogen-bond donors (Lipinski definition) is 1. The molecule has 0 saturated heterocycles. The molecule has 6 rings (SSSR count). The molecule has 8 heteroatoms. The molecule has 1 aliphatic carbocycles. The van der Waals surface area contributed by atoms with E-state index in [4.69, 9.17) is 4.98 Å². The lowest BCUT2D eigenvalue weighted by atomic mass is 9.94. The molecule has 1 aromatic heterocycles. The maximum atomic E-state index is 13.4. The van der Waals surface area contributed by atoms with Crippen molar-refractivity contribution in [2.45, 2.75) is 24.6 Å². The number of rotatable bonds is 4. The average molecular weight is 481 g/mol. The molecule has 1 amide bonds. The lowest BCUT2D eigenvalue weighted by molar-refractivity contribution is -0.286. The van der Waals surface area contributed by atoms with E-state index in [-0.39, 0.29) is 29.8 Å². The third-order valence-electron chi connectivity index (χ3n) is 6.17. The molecule has 0 bridgehead atoms. The van der Waals surface area contributed by atoms with Crippen molar-refractivity contribution in [1.29, 1.82) is 0 Å². The van der Waals surface area contributed by atoms with Crippen molar-refractivity contribution in [3.05, 3.63) is 84.4 Å². The largest absolute Gasteiger partial charge is 0.586 e. The summed E-state index contributed by atoms with van der Waals surface area (Å²) in [4.78, 5) is 18.1. The molecular formula is C26H19ClF2N2O3. The van der Waals surface area contributed by atoms with Crippen molar-refractivity contribution in [3.63, 3.8) is 0 Å². The maximum absolute atomic E-state index is 13.4. The van der Waals surface area contributed by atoms with Crippen LogP contribution >= 0.6 is 12.4 Å². The molecule has 1 aliphatic heterocycles. The topological polar surface area (TPSA) is 60.5 Å². The third kappa shape index (κ3) is 3.72. The van der Waals surface area contributed by atoms with E-state index in [0.717, 1.165) is 22.0 Å². The van der Waals surface area contributed by atoms with Gasteiger partial charge in [0.05, 0.1) is 11.1 Å². The summed E-state index contributed by atoms with van der Waals surface area (Å²) < 4.78 is 35.8. The van der Waals surface area contributed by atoms with Gasteiger partial charge in [-0.25, -0.2) is 4.98 Å². The van der Waals surface area contributed by atoms with Crippen LogP contribution in [0.15, 0.2) is 78.9 Å². The minimum Gasteiger partial charge on any atom is -0.395 e. The normalized spacial score (nSPS) is 16.5. The Morgan fingerprint density at radius 2 is 1.59 bits per heavy atom. The van der Waals surface area contributed by atoms with Crippen LogP contribution in [0.1, 0.15) is 18.4 Å². The average Bonchev–Trinajstić information content (AvgIpc) is 3.56. The molecule has 0 atom stereocenters. The van der Waals surface area contributed by atoms with E-state index in [1.54, 1.807) is 6.07 Å². The molecule has 1 saturated carbocycles. The molecule has 5 nitrogen and oxygen atoms in total. The Morgan fingerprint density at radius 3 is 2.35 bits per heavy atom. The lowest BCUT2D eigenvalue weighted by Gasteiger charge is -2.17. The number of alkyl halides is 2. The summed E-state index contributed by atoms with van der Waals surface area (Å²) in [6.07, 6.45) is -2.48. The molecule has 34 heavy (non-hydrogen) atoms. The molecule has 0 spiro atoms. The number of fused-ring (bicyclic) bond motifs is 2. The van der Waals surface area contributed by atoms with Crippen LogP contribution in [0.25, 0.3) is 22.0 Å². The Balaban J connectivity index is 0.00000241. The summed E-state index contributed by atoms with van der Waals surface area (Å²) in [6.45, 7) is 0. The second-order valence-corrected chi connectivity index (χ2v) is 8.31. The number of pyridine rings is 1. The van der Waals surface area contributed by atoms with Crippen LogP contribution in [-0.4, -0.2) is 17.2 Å². The number of carbonyl (C=O) groups is 1. The van der Waals surface area contributed by atoms with Gasteiger partial charge in [0.25, 0.3) is 0 Å². The summed E-state index contributed by atoms with van der Waals surface area (Å²) >= 11 is 0.